The lowest BCUT2D eigenvalue weighted by Gasteiger charge is -2.12. The minimum absolute atomic E-state index is 0.914. The Labute approximate surface area is 282 Å². The minimum atomic E-state index is 0.914. The van der Waals surface area contributed by atoms with Crippen LogP contribution < -0.4 is 0 Å². The van der Waals surface area contributed by atoms with E-state index >= 15 is 0 Å². The predicted molar refractivity (Wildman–Crippen MR) is 201 cm³/mol. The molecule has 0 unspecified atom stereocenters. The van der Waals surface area contributed by atoms with Crippen LogP contribution in [0, 0.1) is 0 Å². The van der Waals surface area contributed by atoms with Gasteiger partial charge in [-0.15, -0.1) is 0 Å². The lowest BCUT2D eigenvalue weighted by Crippen LogP contribution is -1.98. The zero-order chi connectivity index (χ0) is 32.3. The summed E-state index contributed by atoms with van der Waals surface area (Å²) in [6.45, 7) is 0. The van der Waals surface area contributed by atoms with Crippen LogP contribution in [0.5, 0.6) is 0 Å². The molecule has 230 valence electrons. The molecule has 10 aromatic rings. The minimum Gasteiger partial charge on any atom is -0.309 e. The summed E-state index contributed by atoms with van der Waals surface area (Å²) in [5, 5.41) is 3.55. The van der Waals surface area contributed by atoms with Crippen LogP contribution in [-0.2, 0) is 0 Å². The average Bonchev–Trinajstić information content (AvgIpc) is 3.82. The Morgan fingerprint density at radius 1 is 0.388 bits per heavy atom. The van der Waals surface area contributed by atoms with Gasteiger partial charge in [-0.3, -0.25) is 14.1 Å². The highest BCUT2D eigenvalue weighted by atomic mass is 15.2. The van der Waals surface area contributed by atoms with E-state index in [-0.39, 0.29) is 0 Å². The van der Waals surface area contributed by atoms with Crippen LogP contribution in [-0.4, -0.2) is 23.7 Å². The fourth-order valence-electron chi connectivity index (χ4n) is 7.36. The zero-order valence-corrected chi connectivity index (χ0v) is 26.5. The number of nitrogens with zero attached hydrogens (tertiary/aromatic N) is 5. The average molecular weight is 628 g/mol. The second kappa shape index (κ2) is 10.9. The van der Waals surface area contributed by atoms with Gasteiger partial charge < -0.3 is 4.57 Å². The predicted octanol–water partition coefficient (Wildman–Crippen LogP) is 10.8. The van der Waals surface area contributed by atoms with Gasteiger partial charge in [0.2, 0.25) is 0 Å². The molecule has 0 saturated heterocycles. The molecule has 0 N–H and O–H groups in total. The summed E-state index contributed by atoms with van der Waals surface area (Å²) in [5.74, 6) is 0.914. The monoisotopic (exact) mass is 627 g/mol. The van der Waals surface area contributed by atoms with Crippen molar-refractivity contribution in [3.05, 3.63) is 176 Å². The topological polar surface area (TPSA) is 40.6 Å². The number of fused-ring (bicyclic) bond motifs is 6. The van der Waals surface area contributed by atoms with E-state index in [1.807, 2.05) is 18.3 Å². The van der Waals surface area contributed by atoms with Gasteiger partial charge in [-0.2, -0.15) is 0 Å². The van der Waals surface area contributed by atoms with Gasteiger partial charge >= 0.3 is 0 Å². The van der Waals surface area contributed by atoms with E-state index < -0.39 is 0 Å². The van der Waals surface area contributed by atoms with E-state index in [9.17, 15) is 0 Å². The molecule has 0 bridgehead atoms. The van der Waals surface area contributed by atoms with E-state index in [1.165, 1.54) is 10.8 Å². The van der Waals surface area contributed by atoms with Gasteiger partial charge in [0.05, 0.1) is 22.2 Å². The fourth-order valence-corrected chi connectivity index (χ4v) is 7.36. The SMILES string of the molecule is c1ccc(-c2nc3c(c4cc5c6ccccc6n(-c6cccc(-c7ccccn7)c6)c5cc4n3-c3ccccc3)n2-c2ccccc2)cc1. The second-order valence-electron chi connectivity index (χ2n) is 12.3. The van der Waals surface area contributed by atoms with Crippen molar-refractivity contribution >= 4 is 43.9 Å². The molecular formula is C44H29N5. The standard InChI is InChI=1S/C44H29N5/c1-4-15-30(16-5-1)43-46-44-42(49(43)33-20-8-3-9-21-33)37-28-36-35-23-10-11-25-39(35)47(34-22-14-17-31(27-34)38-24-12-13-26-45-38)40(36)29-41(37)48(44)32-18-6-2-7-19-32/h1-29H. The number of para-hydroxylation sites is 3. The number of aromatic nitrogens is 5. The van der Waals surface area contributed by atoms with E-state index in [0.29, 0.717) is 0 Å². The maximum atomic E-state index is 5.45. The number of imidazole rings is 1. The third-order valence-corrected chi connectivity index (χ3v) is 9.48. The van der Waals surface area contributed by atoms with Crippen molar-refractivity contribution in [2.75, 3.05) is 0 Å². The first kappa shape index (κ1) is 27.4. The van der Waals surface area contributed by atoms with Gasteiger partial charge in [-0.25, -0.2) is 4.98 Å². The quantitative estimate of drug-likeness (QED) is 0.190. The summed E-state index contributed by atoms with van der Waals surface area (Å²) in [6, 6.07) is 59.8. The van der Waals surface area contributed by atoms with Gasteiger partial charge in [0.1, 0.15) is 11.3 Å². The second-order valence-corrected chi connectivity index (χ2v) is 12.3. The number of pyridine rings is 1. The van der Waals surface area contributed by atoms with E-state index in [1.54, 1.807) is 0 Å². The molecule has 0 fully saturated rings. The van der Waals surface area contributed by atoms with Crippen LogP contribution in [0.4, 0.5) is 0 Å². The molecule has 5 heteroatoms. The van der Waals surface area contributed by atoms with E-state index in [0.717, 1.165) is 72.8 Å². The van der Waals surface area contributed by atoms with Gasteiger partial charge in [0, 0.05) is 50.5 Å². The smallest absolute Gasteiger partial charge is 0.165 e. The lowest BCUT2D eigenvalue weighted by molar-refractivity contribution is 1.10. The summed E-state index contributed by atoms with van der Waals surface area (Å²) in [4.78, 5) is 10.1. The van der Waals surface area contributed by atoms with Gasteiger partial charge in [-0.1, -0.05) is 103 Å². The Hall–Kier alpha value is -6.72. The largest absolute Gasteiger partial charge is 0.309 e. The molecule has 0 spiro atoms. The Balaban J connectivity index is 1.35. The Kier molecular flexibility index (Phi) is 6.11. The highest BCUT2D eigenvalue weighted by Gasteiger charge is 2.25. The van der Waals surface area contributed by atoms with Gasteiger partial charge in [0.25, 0.3) is 0 Å². The van der Waals surface area contributed by atoms with Crippen LogP contribution in [0.15, 0.2) is 176 Å². The maximum absolute atomic E-state index is 5.45. The van der Waals surface area contributed by atoms with Crippen LogP contribution in [0.2, 0.25) is 0 Å². The normalized spacial score (nSPS) is 11.7. The van der Waals surface area contributed by atoms with Crippen LogP contribution >= 0.6 is 0 Å². The Bertz CT molecular complexity index is 2790. The molecule has 0 aliphatic heterocycles. The molecule has 0 radical (unpaired) electrons. The highest BCUT2D eigenvalue weighted by Crippen LogP contribution is 2.42. The molecule has 4 aromatic heterocycles. The van der Waals surface area contributed by atoms with Crippen LogP contribution in [0.1, 0.15) is 0 Å². The molecule has 0 amide bonds. The summed E-state index contributed by atoms with van der Waals surface area (Å²) in [6.07, 6.45) is 1.85. The molecule has 10 rings (SSSR count). The summed E-state index contributed by atoms with van der Waals surface area (Å²) in [7, 11) is 0. The highest BCUT2D eigenvalue weighted by molar-refractivity contribution is 6.18. The summed E-state index contributed by atoms with van der Waals surface area (Å²) in [5.41, 5.74) is 11.7. The van der Waals surface area contributed by atoms with Crippen molar-refractivity contribution < 1.29 is 0 Å². The van der Waals surface area contributed by atoms with Crippen molar-refractivity contribution in [2.24, 2.45) is 0 Å². The van der Waals surface area contributed by atoms with Crippen molar-refractivity contribution in [1.82, 2.24) is 23.7 Å². The Morgan fingerprint density at radius 3 is 1.78 bits per heavy atom. The first-order valence-electron chi connectivity index (χ1n) is 16.5. The van der Waals surface area contributed by atoms with Crippen molar-refractivity contribution in [2.45, 2.75) is 0 Å². The molecule has 0 aliphatic rings. The third-order valence-electron chi connectivity index (χ3n) is 9.48. The number of benzene rings is 6. The third kappa shape index (κ3) is 4.26. The lowest BCUT2D eigenvalue weighted by atomic mass is 10.1. The number of hydrogen-bond acceptors (Lipinski definition) is 2. The molecular weight excluding hydrogens is 599 g/mol. The van der Waals surface area contributed by atoms with Crippen molar-refractivity contribution in [1.29, 1.82) is 0 Å². The first-order chi connectivity index (χ1) is 24.3. The zero-order valence-electron chi connectivity index (χ0n) is 26.5. The summed E-state index contributed by atoms with van der Waals surface area (Å²) >= 11 is 0. The van der Waals surface area contributed by atoms with E-state index in [2.05, 4.69) is 176 Å². The maximum Gasteiger partial charge on any atom is 0.165 e. The van der Waals surface area contributed by atoms with Crippen molar-refractivity contribution in [3.63, 3.8) is 0 Å². The molecule has 6 aromatic carbocycles. The fraction of sp³-hybridized carbons (Fsp3) is 0. The molecule has 5 nitrogen and oxygen atoms in total. The summed E-state index contributed by atoms with van der Waals surface area (Å²) < 4.78 is 7.04. The number of rotatable bonds is 5. The molecule has 49 heavy (non-hydrogen) atoms. The van der Waals surface area contributed by atoms with Crippen molar-refractivity contribution in [3.8, 4) is 39.7 Å². The van der Waals surface area contributed by atoms with Gasteiger partial charge in [-0.05, 0) is 66.7 Å². The van der Waals surface area contributed by atoms with E-state index in [4.69, 9.17) is 4.98 Å². The molecule has 0 aliphatic carbocycles. The first-order valence-corrected chi connectivity index (χ1v) is 16.5. The Morgan fingerprint density at radius 2 is 1.02 bits per heavy atom. The molecule has 4 heterocycles. The number of hydrogen-bond donors (Lipinski definition) is 0. The molecule has 0 atom stereocenters. The molecule has 0 saturated carbocycles. The van der Waals surface area contributed by atoms with Gasteiger partial charge in [0.15, 0.2) is 5.65 Å². The van der Waals surface area contributed by atoms with Crippen LogP contribution in [0.3, 0.4) is 0 Å². The van der Waals surface area contributed by atoms with Crippen LogP contribution in [0.25, 0.3) is 83.6 Å².